The first-order valence-corrected chi connectivity index (χ1v) is 14.5. The molecule has 42 heavy (non-hydrogen) atoms. The molecule has 1 aliphatic heterocycles. The van der Waals surface area contributed by atoms with Crippen molar-refractivity contribution in [3.63, 3.8) is 0 Å². The van der Waals surface area contributed by atoms with Crippen LogP contribution in [0.25, 0.3) is 38.3 Å². The maximum absolute atomic E-state index is 14.1. The molecule has 4 nitrogen and oxygen atoms in total. The Balaban J connectivity index is 1.54. The van der Waals surface area contributed by atoms with Crippen LogP contribution in [0.3, 0.4) is 0 Å². The standard InChI is InChI=1S/C38H34N2O2/c1-37(2,3)24-15-17-32-29(20-24)30-21-25(38(4,5)6)16-18-33(30)39(32)27-19-23-11-10-14-28-34(23)31(22-27)36(42)40(35(28)41)26-12-8-7-9-13-26/h7-22H,1-6H3. The number of imide groups is 1. The molecular weight excluding hydrogens is 516 g/mol. The molecule has 0 radical (unpaired) electrons. The number of amides is 2. The minimum absolute atomic E-state index is 0.00757. The molecule has 7 rings (SSSR count). The predicted octanol–water partition coefficient (Wildman–Crippen LogP) is 9.33. The van der Waals surface area contributed by atoms with Crippen LogP contribution >= 0.6 is 0 Å². The molecule has 6 aromatic rings. The van der Waals surface area contributed by atoms with Gasteiger partial charge in [0.15, 0.2) is 0 Å². The molecule has 2 heterocycles. The fourth-order valence-corrected chi connectivity index (χ4v) is 6.27. The second kappa shape index (κ2) is 8.90. The number of carbonyl (C=O) groups is 2. The highest BCUT2D eigenvalue weighted by Crippen LogP contribution is 2.40. The van der Waals surface area contributed by atoms with Crippen LogP contribution in [0.15, 0.2) is 97.1 Å². The van der Waals surface area contributed by atoms with Gasteiger partial charge < -0.3 is 4.57 Å². The number of para-hydroxylation sites is 1. The summed E-state index contributed by atoms with van der Waals surface area (Å²) in [4.78, 5) is 29.0. The molecule has 0 atom stereocenters. The van der Waals surface area contributed by atoms with E-state index < -0.39 is 0 Å². The SMILES string of the molecule is CC(C)(C)c1ccc2c(c1)c1cc(C(C)(C)C)ccc1n2-c1cc2c3c(cccc3c1)C(=O)N(c1ccccc1)C2=O. The van der Waals surface area contributed by atoms with Gasteiger partial charge in [0.1, 0.15) is 0 Å². The predicted molar refractivity (Wildman–Crippen MR) is 173 cm³/mol. The average Bonchev–Trinajstić information content (AvgIpc) is 3.28. The van der Waals surface area contributed by atoms with Crippen molar-refractivity contribution >= 4 is 50.1 Å². The van der Waals surface area contributed by atoms with Crippen molar-refractivity contribution in [2.75, 3.05) is 4.90 Å². The number of aromatic nitrogens is 1. The lowest BCUT2D eigenvalue weighted by atomic mass is 9.85. The van der Waals surface area contributed by atoms with Gasteiger partial charge in [0.25, 0.3) is 11.8 Å². The van der Waals surface area contributed by atoms with Gasteiger partial charge in [-0.2, -0.15) is 0 Å². The largest absolute Gasteiger partial charge is 0.309 e. The Bertz CT molecular complexity index is 2020. The van der Waals surface area contributed by atoms with Crippen LogP contribution in [0.2, 0.25) is 0 Å². The van der Waals surface area contributed by atoms with Crippen LogP contribution in [-0.2, 0) is 10.8 Å². The number of carbonyl (C=O) groups excluding carboxylic acids is 2. The topological polar surface area (TPSA) is 42.3 Å². The minimum Gasteiger partial charge on any atom is -0.309 e. The highest BCUT2D eigenvalue weighted by molar-refractivity contribution is 6.36. The Kier molecular flexibility index (Phi) is 5.55. The molecule has 5 aromatic carbocycles. The second-order valence-electron chi connectivity index (χ2n) is 13.5. The van der Waals surface area contributed by atoms with Crippen molar-refractivity contribution in [2.45, 2.75) is 52.4 Å². The summed E-state index contributed by atoms with van der Waals surface area (Å²) in [5.41, 5.74) is 7.30. The smallest absolute Gasteiger partial charge is 0.266 e. The molecule has 0 bridgehead atoms. The maximum Gasteiger partial charge on any atom is 0.266 e. The first-order valence-electron chi connectivity index (χ1n) is 14.5. The van der Waals surface area contributed by atoms with Crippen molar-refractivity contribution < 1.29 is 9.59 Å². The van der Waals surface area contributed by atoms with E-state index in [1.54, 1.807) is 12.1 Å². The van der Waals surface area contributed by atoms with Gasteiger partial charge in [0.2, 0.25) is 0 Å². The molecule has 0 saturated carbocycles. The number of benzene rings is 5. The van der Waals surface area contributed by atoms with Gasteiger partial charge in [-0.25, -0.2) is 4.90 Å². The van der Waals surface area contributed by atoms with Crippen LogP contribution in [0.4, 0.5) is 5.69 Å². The Hall–Kier alpha value is -4.70. The molecule has 2 amide bonds. The molecule has 0 unspecified atom stereocenters. The molecular formula is C38H34N2O2. The molecule has 1 aromatic heterocycles. The van der Waals surface area contributed by atoms with Crippen LogP contribution < -0.4 is 4.90 Å². The Morgan fingerprint density at radius 1 is 0.524 bits per heavy atom. The van der Waals surface area contributed by atoms with E-state index in [0.29, 0.717) is 22.2 Å². The molecule has 0 aliphatic carbocycles. The van der Waals surface area contributed by atoms with Gasteiger partial charge in [-0.1, -0.05) is 84.0 Å². The third-order valence-electron chi connectivity index (χ3n) is 8.60. The highest BCUT2D eigenvalue weighted by atomic mass is 16.2. The summed E-state index contributed by atoms with van der Waals surface area (Å²) in [7, 11) is 0. The fourth-order valence-electron chi connectivity index (χ4n) is 6.27. The Morgan fingerprint density at radius 2 is 1.10 bits per heavy atom. The quantitative estimate of drug-likeness (QED) is 0.202. The lowest BCUT2D eigenvalue weighted by molar-refractivity contribution is 0.0893. The van der Waals surface area contributed by atoms with Crippen molar-refractivity contribution in [1.82, 2.24) is 4.57 Å². The van der Waals surface area contributed by atoms with E-state index in [4.69, 9.17) is 0 Å². The maximum atomic E-state index is 14.1. The van der Waals surface area contributed by atoms with Crippen molar-refractivity contribution in [1.29, 1.82) is 0 Å². The molecule has 208 valence electrons. The third-order valence-corrected chi connectivity index (χ3v) is 8.60. The normalized spacial score (nSPS) is 14.0. The molecule has 1 aliphatic rings. The van der Waals surface area contributed by atoms with Crippen LogP contribution in [-0.4, -0.2) is 16.4 Å². The van der Waals surface area contributed by atoms with Crippen molar-refractivity contribution in [2.24, 2.45) is 0 Å². The number of rotatable bonds is 2. The molecule has 0 spiro atoms. The summed E-state index contributed by atoms with van der Waals surface area (Å²) in [5.74, 6) is -0.596. The lowest BCUT2D eigenvalue weighted by Gasteiger charge is -2.28. The zero-order chi connectivity index (χ0) is 29.6. The number of fused-ring (bicyclic) bond motifs is 3. The summed E-state index contributed by atoms with van der Waals surface area (Å²) in [6.45, 7) is 13.4. The van der Waals surface area contributed by atoms with E-state index in [1.807, 2.05) is 42.5 Å². The Morgan fingerprint density at radius 3 is 1.67 bits per heavy atom. The van der Waals surface area contributed by atoms with Gasteiger partial charge in [-0.15, -0.1) is 0 Å². The van der Waals surface area contributed by atoms with Crippen LogP contribution in [0.5, 0.6) is 0 Å². The molecule has 0 N–H and O–H groups in total. The van der Waals surface area contributed by atoms with E-state index in [0.717, 1.165) is 22.1 Å². The zero-order valence-electron chi connectivity index (χ0n) is 24.9. The fraction of sp³-hybridized carbons (Fsp3) is 0.211. The van der Waals surface area contributed by atoms with Gasteiger partial charge >= 0.3 is 0 Å². The van der Waals surface area contributed by atoms with E-state index in [1.165, 1.54) is 26.8 Å². The number of hydrogen-bond acceptors (Lipinski definition) is 2. The van der Waals surface area contributed by atoms with Crippen molar-refractivity contribution in [3.05, 3.63) is 119 Å². The van der Waals surface area contributed by atoms with E-state index >= 15 is 0 Å². The number of nitrogens with zero attached hydrogens (tertiary/aromatic N) is 2. The van der Waals surface area contributed by atoms with Crippen LogP contribution in [0, 0.1) is 0 Å². The minimum atomic E-state index is -0.303. The number of hydrogen-bond donors (Lipinski definition) is 0. The van der Waals surface area contributed by atoms with Gasteiger partial charge in [0, 0.05) is 27.4 Å². The van der Waals surface area contributed by atoms with E-state index in [-0.39, 0.29) is 22.6 Å². The monoisotopic (exact) mass is 550 g/mol. The van der Waals surface area contributed by atoms with E-state index in [9.17, 15) is 9.59 Å². The average molecular weight is 551 g/mol. The van der Waals surface area contributed by atoms with Gasteiger partial charge in [0.05, 0.1) is 22.3 Å². The summed E-state index contributed by atoms with van der Waals surface area (Å²) >= 11 is 0. The first-order chi connectivity index (χ1) is 19.9. The summed E-state index contributed by atoms with van der Waals surface area (Å²) in [6, 6.07) is 32.5. The molecule has 0 fully saturated rings. The molecule has 4 heteroatoms. The second-order valence-corrected chi connectivity index (χ2v) is 13.5. The van der Waals surface area contributed by atoms with Gasteiger partial charge in [-0.05, 0) is 81.9 Å². The Labute approximate surface area is 246 Å². The molecule has 0 saturated heterocycles. The third kappa shape index (κ3) is 3.89. The van der Waals surface area contributed by atoms with Gasteiger partial charge in [-0.3, -0.25) is 9.59 Å². The van der Waals surface area contributed by atoms with Crippen LogP contribution in [0.1, 0.15) is 73.4 Å². The number of anilines is 1. The summed E-state index contributed by atoms with van der Waals surface area (Å²) < 4.78 is 2.27. The zero-order valence-corrected chi connectivity index (χ0v) is 24.9. The lowest BCUT2D eigenvalue weighted by Crippen LogP contribution is -2.40. The summed E-state index contributed by atoms with van der Waals surface area (Å²) in [6.07, 6.45) is 0. The highest BCUT2D eigenvalue weighted by Gasteiger charge is 2.34. The first kappa shape index (κ1) is 26.2. The van der Waals surface area contributed by atoms with E-state index in [2.05, 4.69) is 88.6 Å². The van der Waals surface area contributed by atoms with Crippen molar-refractivity contribution in [3.8, 4) is 5.69 Å². The summed E-state index contributed by atoms with van der Waals surface area (Å²) in [5, 5.41) is 3.98.